The molecule has 0 fully saturated rings. The topological polar surface area (TPSA) is 92.4 Å². The Kier molecular flexibility index (Phi) is 3.96. The van der Waals surface area contributed by atoms with Crippen molar-refractivity contribution in [2.75, 3.05) is 5.32 Å². The second-order valence-corrected chi connectivity index (χ2v) is 4.65. The van der Waals surface area contributed by atoms with Gasteiger partial charge in [-0.05, 0) is 19.1 Å². The van der Waals surface area contributed by atoms with Crippen LogP contribution in [-0.4, -0.2) is 22.1 Å². The van der Waals surface area contributed by atoms with Crippen LogP contribution in [0.4, 0.5) is 5.69 Å². The Morgan fingerprint density at radius 3 is 2.50 bits per heavy atom. The molecule has 0 saturated carbocycles. The lowest BCUT2D eigenvalue weighted by molar-refractivity contribution is 0.0698. The van der Waals surface area contributed by atoms with Crippen LogP contribution >= 0.6 is 23.2 Å². The first-order valence-corrected chi connectivity index (χ1v) is 6.11. The van der Waals surface area contributed by atoms with Crippen molar-refractivity contribution in [3.05, 3.63) is 45.3 Å². The van der Waals surface area contributed by atoms with Gasteiger partial charge in [-0.15, -0.1) is 0 Å². The molecule has 8 heteroatoms. The van der Waals surface area contributed by atoms with Crippen molar-refractivity contribution in [3.63, 3.8) is 0 Å². The van der Waals surface area contributed by atoms with Gasteiger partial charge in [0.1, 0.15) is 16.9 Å². The number of hydrogen-bond acceptors (Lipinski definition) is 4. The Labute approximate surface area is 123 Å². The van der Waals surface area contributed by atoms with Gasteiger partial charge in [-0.1, -0.05) is 28.4 Å². The monoisotopic (exact) mass is 314 g/mol. The van der Waals surface area contributed by atoms with E-state index in [4.69, 9.17) is 32.8 Å². The third-order valence-corrected chi connectivity index (χ3v) is 3.18. The highest BCUT2D eigenvalue weighted by molar-refractivity contribution is 6.38. The van der Waals surface area contributed by atoms with Crippen LogP contribution in [0.2, 0.25) is 10.0 Å². The van der Waals surface area contributed by atoms with Crippen LogP contribution in [0.1, 0.15) is 26.5 Å². The number of carboxylic acids is 1. The molecule has 0 spiro atoms. The SMILES string of the molecule is Cc1oncc1C(=O)Nc1c(Cl)ccc(Cl)c1C(=O)O. The molecule has 0 unspecified atom stereocenters. The van der Waals surface area contributed by atoms with Crippen molar-refractivity contribution in [2.24, 2.45) is 0 Å². The molecule has 20 heavy (non-hydrogen) atoms. The lowest BCUT2D eigenvalue weighted by Crippen LogP contribution is -2.16. The lowest BCUT2D eigenvalue weighted by Gasteiger charge is -2.11. The molecule has 1 amide bonds. The predicted molar refractivity (Wildman–Crippen MR) is 72.6 cm³/mol. The number of aromatic nitrogens is 1. The van der Waals surface area contributed by atoms with Crippen molar-refractivity contribution >= 4 is 40.8 Å². The van der Waals surface area contributed by atoms with Crippen molar-refractivity contribution < 1.29 is 19.2 Å². The molecule has 2 N–H and O–H groups in total. The van der Waals surface area contributed by atoms with Crippen LogP contribution in [-0.2, 0) is 0 Å². The summed E-state index contributed by atoms with van der Waals surface area (Å²) in [6.07, 6.45) is 1.23. The molecule has 104 valence electrons. The van der Waals surface area contributed by atoms with E-state index in [1.807, 2.05) is 0 Å². The standard InChI is InChI=1S/C12H8Cl2N2O4/c1-5-6(4-15-20-5)11(17)16-10-8(14)3-2-7(13)9(10)12(18)19/h2-4H,1H3,(H,16,17)(H,18,19). The molecule has 0 aliphatic rings. The number of halogens is 2. The maximum atomic E-state index is 12.0. The summed E-state index contributed by atoms with van der Waals surface area (Å²) in [6.45, 7) is 1.56. The molecule has 0 aliphatic carbocycles. The maximum absolute atomic E-state index is 12.0. The number of hydrogen-bond donors (Lipinski definition) is 2. The van der Waals surface area contributed by atoms with Gasteiger partial charge in [0, 0.05) is 0 Å². The lowest BCUT2D eigenvalue weighted by atomic mass is 10.1. The van der Waals surface area contributed by atoms with Gasteiger partial charge in [0.2, 0.25) is 0 Å². The predicted octanol–water partition coefficient (Wildman–Crippen LogP) is 3.24. The fraction of sp³-hybridized carbons (Fsp3) is 0.0833. The summed E-state index contributed by atoms with van der Waals surface area (Å²) in [5.41, 5.74) is -0.170. The van der Waals surface area contributed by atoms with E-state index in [2.05, 4.69) is 10.5 Å². The first-order chi connectivity index (χ1) is 9.41. The minimum Gasteiger partial charge on any atom is -0.478 e. The van der Waals surface area contributed by atoms with Crippen LogP contribution in [0.3, 0.4) is 0 Å². The third kappa shape index (κ3) is 2.61. The zero-order valence-corrected chi connectivity index (χ0v) is 11.6. The average molecular weight is 315 g/mol. The molecule has 6 nitrogen and oxygen atoms in total. The van der Waals surface area contributed by atoms with Gasteiger partial charge in [-0.2, -0.15) is 0 Å². The van der Waals surface area contributed by atoms with Gasteiger partial charge in [0.05, 0.1) is 21.9 Å². The number of nitrogens with one attached hydrogen (secondary N) is 1. The molecule has 2 rings (SSSR count). The summed E-state index contributed by atoms with van der Waals surface area (Å²) in [5.74, 6) is -1.58. The normalized spacial score (nSPS) is 10.3. The molecule has 1 aromatic heterocycles. The quantitative estimate of drug-likeness (QED) is 0.907. The largest absolute Gasteiger partial charge is 0.478 e. The van der Waals surface area contributed by atoms with Crippen molar-refractivity contribution in [2.45, 2.75) is 6.92 Å². The number of nitrogens with zero attached hydrogens (tertiary/aromatic N) is 1. The minimum atomic E-state index is -1.30. The van der Waals surface area contributed by atoms with Gasteiger partial charge in [-0.3, -0.25) is 4.79 Å². The number of benzene rings is 1. The number of carboxylic acid groups (broad SMARTS) is 1. The molecule has 2 aromatic rings. The number of amides is 1. The molecule has 1 heterocycles. The maximum Gasteiger partial charge on any atom is 0.339 e. The summed E-state index contributed by atoms with van der Waals surface area (Å²) < 4.78 is 4.77. The van der Waals surface area contributed by atoms with E-state index >= 15 is 0 Å². The third-order valence-electron chi connectivity index (χ3n) is 2.55. The average Bonchev–Trinajstić information content (AvgIpc) is 2.79. The van der Waals surface area contributed by atoms with E-state index in [0.29, 0.717) is 5.76 Å². The Bertz CT molecular complexity index is 697. The summed E-state index contributed by atoms with van der Waals surface area (Å²) in [4.78, 5) is 23.2. The fourth-order valence-electron chi connectivity index (χ4n) is 1.58. The molecule has 1 aromatic carbocycles. The number of aryl methyl sites for hydroxylation is 1. The number of rotatable bonds is 3. The van der Waals surface area contributed by atoms with E-state index < -0.39 is 11.9 Å². The second kappa shape index (κ2) is 5.52. The summed E-state index contributed by atoms with van der Waals surface area (Å²) in [5, 5.41) is 15.1. The Balaban J connectivity index is 2.44. The van der Waals surface area contributed by atoms with Gasteiger partial charge >= 0.3 is 5.97 Å². The van der Waals surface area contributed by atoms with E-state index in [1.54, 1.807) is 6.92 Å². The summed E-state index contributed by atoms with van der Waals surface area (Å²) in [6, 6.07) is 2.74. The molecule has 0 radical (unpaired) electrons. The van der Waals surface area contributed by atoms with Crippen LogP contribution < -0.4 is 5.32 Å². The first-order valence-electron chi connectivity index (χ1n) is 5.35. The number of anilines is 1. The van der Waals surface area contributed by atoms with Crippen molar-refractivity contribution in [1.82, 2.24) is 5.16 Å². The smallest absolute Gasteiger partial charge is 0.339 e. The fourth-order valence-corrected chi connectivity index (χ4v) is 2.02. The number of carbonyl (C=O) groups excluding carboxylic acids is 1. The molecular weight excluding hydrogens is 307 g/mol. The first kappa shape index (κ1) is 14.4. The van der Waals surface area contributed by atoms with Gasteiger partial charge in [-0.25, -0.2) is 4.79 Å². The minimum absolute atomic E-state index is 0.0285. The number of aromatic carboxylic acids is 1. The summed E-state index contributed by atoms with van der Waals surface area (Å²) >= 11 is 11.7. The molecule has 0 saturated heterocycles. The van der Waals surface area contributed by atoms with Gasteiger partial charge in [0.25, 0.3) is 5.91 Å². The highest BCUT2D eigenvalue weighted by atomic mass is 35.5. The highest BCUT2D eigenvalue weighted by Crippen LogP contribution is 2.32. The van der Waals surface area contributed by atoms with E-state index in [9.17, 15) is 9.59 Å². The van der Waals surface area contributed by atoms with Crippen molar-refractivity contribution in [3.8, 4) is 0 Å². The second-order valence-electron chi connectivity index (χ2n) is 3.83. The van der Waals surface area contributed by atoms with E-state index in [1.165, 1.54) is 18.3 Å². The molecule has 0 atom stereocenters. The van der Waals surface area contributed by atoms with Crippen LogP contribution in [0.15, 0.2) is 22.9 Å². The summed E-state index contributed by atoms with van der Waals surface area (Å²) in [7, 11) is 0. The van der Waals surface area contributed by atoms with Crippen LogP contribution in [0, 0.1) is 6.92 Å². The van der Waals surface area contributed by atoms with E-state index in [0.717, 1.165) is 0 Å². The zero-order chi connectivity index (χ0) is 14.9. The zero-order valence-electron chi connectivity index (χ0n) is 10.1. The Hall–Kier alpha value is -2.05. The van der Waals surface area contributed by atoms with Gasteiger partial charge < -0.3 is 14.9 Å². The molecule has 0 bridgehead atoms. The molecule has 0 aliphatic heterocycles. The van der Waals surface area contributed by atoms with Gasteiger partial charge in [0.15, 0.2) is 0 Å². The van der Waals surface area contributed by atoms with Crippen molar-refractivity contribution in [1.29, 1.82) is 0 Å². The number of carbonyl (C=O) groups is 2. The van der Waals surface area contributed by atoms with Crippen LogP contribution in [0.25, 0.3) is 0 Å². The highest BCUT2D eigenvalue weighted by Gasteiger charge is 2.21. The van der Waals surface area contributed by atoms with E-state index in [-0.39, 0.29) is 26.9 Å². The van der Waals surface area contributed by atoms with Crippen LogP contribution in [0.5, 0.6) is 0 Å². The molecular formula is C12H8Cl2N2O4. The Morgan fingerprint density at radius 2 is 1.95 bits per heavy atom. The Morgan fingerprint density at radius 1 is 1.30 bits per heavy atom.